The molecule has 1 aliphatic carbocycles. The lowest BCUT2D eigenvalue weighted by molar-refractivity contribution is 0.331. The second kappa shape index (κ2) is 5.10. The highest BCUT2D eigenvalue weighted by Crippen LogP contribution is 2.45. The minimum Gasteiger partial charge on any atom is -0.337 e. The van der Waals surface area contributed by atoms with E-state index in [-0.39, 0.29) is 5.89 Å². The van der Waals surface area contributed by atoms with Crippen LogP contribution < -0.4 is 0 Å². The van der Waals surface area contributed by atoms with Crippen molar-refractivity contribution in [2.75, 3.05) is 6.26 Å². The van der Waals surface area contributed by atoms with Gasteiger partial charge in [-0.05, 0) is 25.0 Å². The van der Waals surface area contributed by atoms with Crippen LogP contribution in [0.5, 0.6) is 0 Å². The second-order valence-electron chi connectivity index (χ2n) is 5.38. The van der Waals surface area contributed by atoms with E-state index >= 15 is 0 Å². The normalized spacial score (nSPS) is 18.0. The van der Waals surface area contributed by atoms with Crippen molar-refractivity contribution in [1.82, 2.24) is 10.1 Å². The molecule has 7 heteroatoms. The van der Waals surface area contributed by atoms with Crippen molar-refractivity contribution < 1.29 is 12.9 Å². The maximum Gasteiger partial charge on any atom is 0.248 e. The Morgan fingerprint density at radius 1 is 1.24 bits per heavy atom. The standard InChI is InChI=1S/C14H15ClN2O3S/c1-21(18,19)14(8-4-5-9-14)13-16-12(17-20-13)10-6-2-3-7-11(10)15/h2-3,6-7H,4-5,8-9H2,1H3. The van der Waals surface area contributed by atoms with Crippen LogP contribution in [0.4, 0.5) is 0 Å². The maximum atomic E-state index is 12.2. The fraction of sp³-hybridized carbons (Fsp3) is 0.429. The van der Waals surface area contributed by atoms with Gasteiger partial charge in [0, 0.05) is 11.8 Å². The minimum atomic E-state index is -3.33. The van der Waals surface area contributed by atoms with Crippen molar-refractivity contribution in [3.05, 3.63) is 35.2 Å². The molecule has 0 atom stereocenters. The molecule has 5 nitrogen and oxygen atoms in total. The van der Waals surface area contributed by atoms with Crippen molar-refractivity contribution in [3.8, 4) is 11.4 Å². The molecule has 112 valence electrons. The number of aromatic nitrogens is 2. The Hall–Kier alpha value is -1.40. The van der Waals surface area contributed by atoms with E-state index in [0.29, 0.717) is 29.3 Å². The zero-order chi connectivity index (χ0) is 15.1. The summed E-state index contributed by atoms with van der Waals surface area (Å²) in [6, 6.07) is 7.13. The molecule has 1 aromatic carbocycles. The van der Waals surface area contributed by atoms with Gasteiger partial charge in [-0.15, -0.1) is 0 Å². The number of nitrogens with zero attached hydrogens (tertiary/aromatic N) is 2. The number of benzene rings is 1. The van der Waals surface area contributed by atoms with E-state index in [9.17, 15) is 8.42 Å². The van der Waals surface area contributed by atoms with Gasteiger partial charge in [0.05, 0.1) is 5.02 Å². The highest BCUT2D eigenvalue weighted by Gasteiger charge is 2.49. The van der Waals surface area contributed by atoms with Gasteiger partial charge in [-0.25, -0.2) is 8.42 Å². The largest absolute Gasteiger partial charge is 0.337 e. The first-order valence-corrected chi connectivity index (χ1v) is 9.00. The summed E-state index contributed by atoms with van der Waals surface area (Å²) in [4.78, 5) is 4.32. The van der Waals surface area contributed by atoms with Crippen LogP contribution in [0.3, 0.4) is 0 Å². The molecular formula is C14H15ClN2O3S. The SMILES string of the molecule is CS(=O)(=O)C1(c2nc(-c3ccccc3Cl)no2)CCCC1. The Bertz CT molecular complexity index is 764. The fourth-order valence-electron chi connectivity index (χ4n) is 2.85. The van der Waals surface area contributed by atoms with E-state index in [2.05, 4.69) is 10.1 Å². The Balaban J connectivity index is 2.08. The number of hydrogen-bond donors (Lipinski definition) is 0. The van der Waals surface area contributed by atoms with Gasteiger partial charge in [-0.3, -0.25) is 0 Å². The predicted molar refractivity (Wildman–Crippen MR) is 79.7 cm³/mol. The monoisotopic (exact) mass is 326 g/mol. The number of hydrogen-bond acceptors (Lipinski definition) is 5. The average Bonchev–Trinajstić information content (AvgIpc) is 3.08. The Morgan fingerprint density at radius 2 is 1.90 bits per heavy atom. The van der Waals surface area contributed by atoms with Crippen molar-refractivity contribution in [1.29, 1.82) is 0 Å². The highest BCUT2D eigenvalue weighted by molar-refractivity contribution is 7.91. The van der Waals surface area contributed by atoms with Crippen molar-refractivity contribution >= 4 is 21.4 Å². The summed E-state index contributed by atoms with van der Waals surface area (Å²) >= 11 is 6.11. The molecule has 0 saturated heterocycles. The summed E-state index contributed by atoms with van der Waals surface area (Å²) in [6.45, 7) is 0. The molecule has 3 rings (SSSR count). The van der Waals surface area contributed by atoms with Gasteiger partial charge < -0.3 is 4.52 Å². The molecule has 0 amide bonds. The Labute approximate surface area is 128 Å². The number of sulfone groups is 1. The minimum absolute atomic E-state index is 0.178. The van der Waals surface area contributed by atoms with Crippen molar-refractivity contribution in [2.45, 2.75) is 30.4 Å². The molecule has 0 bridgehead atoms. The summed E-state index contributed by atoms with van der Waals surface area (Å²) in [5.74, 6) is 0.503. The molecule has 1 saturated carbocycles. The van der Waals surface area contributed by atoms with Gasteiger partial charge in [-0.1, -0.05) is 41.7 Å². The fourth-order valence-corrected chi connectivity index (χ4v) is 4.50. The summed E-state index contributed by atoms with van der Waals surface area (Å²) in [6.07, 6.45) is 3.97. The maximum absolute atomic E-state index is 12.2. The molecule has 1 fully saturated rings. The van der Waals surface area contributed by atoms with Crippen LogP contribution in [0.15, 0.2) is 28.8 Å². The van der Waals surface area contributed by atoms with E-state index in [4.69, 9.17) is 16.1 Å². The summed E-state index contributed by atoms with van der Waals surface area (Å²) in [5, 5.41) is 4.42. The van der Waals surface area contributed by atoms with E-state index in [0.717, 1.165) is 12.8 Å². The van der Waals surface area contributed by atoms with Gasteiger partial charge in [0.2, 0.25) is 11.7 Å². The molecule has 0 spiro atoms. The lowest BCUT2D eigenvalue weighted by atomic mass is 10.1. The van der Waals surface area contributed by atoms with Crippen LogP contribution in [0, 0.1) is 0 Å². The van der Waals surface area contributed by atoms with E-state index < -0.39 is 14.6 Å². The Morgan fingerprint density at radius 3 is 2.52 bits per heavy atom. The highest BCUT2D eigenvalue weighted by atomic mass is 35.5. The third kappa shape index (κ3) is 2.36. The zero-order valence-electron chi connectivity index (χ0n) is 11.5. The molecule has 0 unspecified atom stereocenters. The summed E-state index contributed by atoms with van der Waals surface area (Å²) in [7, 11) is -3.33. The topological polar surface area (TPSA) is 73.1 Å². The van der Waals surface area contributed by atoms with E-state index in [1.165, 1.54) is 6.26 Å². The van der Waals surface area contributed by atoms with Crippen LogP contribution in [-0.4, -0.2) is 24.8 Å². The van der Waals surface area contributed by atoms with Gasteiger partial charge in [-0.2, -0.15) is 4.98 Å². The number of rotatable bonds is 3. The summed E-state index contributed by atoms with van der Waals surface area (Å²) < 4.78 is 28.7. The molecule has 0 N–H and O–H groups in total. The van der Waals surface area contributed by atoms with Gasteiger partial charge >= 0.3 is 0 Å². The molecule has 21 heavy (non-hydrogen) atoms. The molecule has 1 aromatic heterocycles. The third-order valence-corrected chi connectivity index (χ3v) is 6.38. The third-order valence-electron chi connectivity index (χ3n) is 4.05. The molecule has 2 aromatic rings. The van der Waals surface area contributed by atoms with E-state index in [1.807, 2.05) is 12.1 Å². The van der Waals surface area contributed by atoms with Crippen LogP contribution in [0.25, 0.3) is 11.4 Å². The van der Waals surface area contributed by atoms with Crippen LogP contribution >= 0.6 is 11.6 Å². The van der Waals surface area contributed by atoms with E-state index in [1.54, 1.807) is 12.1 Å². The van der Waals surface area contributed by atoms with Crippen LogP contribution in [0.2, 0.25) is 5.02 Å². The van der Waals surface area contributed by atoms with Gasteiger partial charge in [0.25, 0.3) is 0 Å². The van der Waals surface area contributed by atoms with Crippen molar-refractivity contribution in [2.24, 2.45) is 0 Å². The second-order valence-corrected chi connectivity index (χ2v) is 8.11. The van der Waals surface area contributed by atoms with Crippen LogP contribution in [-0.2, 0) is 14.6 Å². The summed E-state index contributed by atoms with van der Waals surface area (Å²) in [5.41, 5.74) is 0.635. The first-order valence-electron chi connectivity index (χ1n) is 6.73. The zero-order valence-corrected chi connectivity index (χ0v) is 13.1. The Kier molecular flexibility index (Phi) is 3.53. The first kappa shape index (κ1) is 14.5. The smallest absolute Gasteiger partial charge is 0.248 e. The number of halogens is 1. The molecule has 0 radical (unpaired) electrons. The lowest BCUT2D eigenvalue weighted by Crippen LogP contribution is -2.32. The molecule has 1 aliphatic rings. The first-order chi connectivity index (χ1) is 9.94. The van der Waals surface area contributed by atoms with Gasteiger partial charge in [0.1, 0.15) is 0 Å². The molecular weight excluding hydrogens is 312 g/mol. The molecule has 0 aliphatic heterocycles. The predicted octanol–water partition coefficient (Wildman–Crippen LogP) is 3.20. The lowest BCUT2D eigenvalue weighted by Gasteiger charge is -2.21. The van der Waals surface area contributed by atoms with Crippen molar-refractivity contribution in [3.63, 3.8) is 0 Å². The van der Waals surface area contributed by atoms with Gasteiger partial charge in [0.15, 0.2) is 14.6 Å². The quantitative estimate of drug-likeness (QED) is 0.866. The average molecular weight is 327 g/mol. The molecule has 1 heterocycles. The van der Waals surface area contributed by atoms with Crippen LogP contribution in [0.1, 0.15) is 31.6 Å².